The number of phenols is 1. The van der Waals surface area contributed by atoms with Crippen LogP contribution in [0.4, 0.5) is 5.69 Å². The number of likely N-dealkylation sites (N-methyl/N-ethyl adjacent to an activating group) is 1. The van der Waals surface area contributed by atoms with Crippen molar-refractivity contribution in [1.82, 2.24) is 9.80 Å². The first-order valence-corrected chi connectivity index (χ1v) is 13.9. The highest BCUT2D eigenvalue weighted by Gasteiger charge is 2.64. The van der Waals surface area contributed by atoms with Gasteiger partial charge in [0.05, 0.1) is 11.6 Å². The maximum atomic E-state index is 14.0. The highest BCUT2D eigenvalue weighted by atomic mass is 16.3. The fourth-order valence-electron chi connectivity index (χ4n) is 8.05. The monoisotopic (exact) mass is 552 g/mol. The molecule has 0 radical (unpaired) electrons. The van der Waals surface area contributed by atoms with Crippen molar-refractivity contribution in [3.05, 3.63) is 39.7 Å². The first-order valence-electron chi connectivity index (χ1n) is 13.9. The number of primary amides is 1. The molecule has 0 bridgehead atoms. The van der Waals surface area contributed by atoms with E-state index in [-0.39, 0.29) is 29.3 Å². The van der Waals surface area contributed by atoms with Gasteiger partial charge in [0.2, 0.25) is 5.78 Å². The fraction of sp³-hybridized carbons (Fsp3) is 0.552. The molecule has 11 nitrogen and oxygen atoms in total. The van der Waals surface area contributed by atoms with Crippen molar-refractivity contribution < 1.29 is 34.8 Å². The first-order chi connectivity index (χ1) is 18.9. The van der Waals surface area contributed by atoms with E-state index in [2.05, 4.69) is 9.80 Å². The number of amides is 1. The molecule has 1 saturated heterocycles. The van der Waals surface area contributed by atoms with E-state index in [1.165, 1.54) is 4.90 Å². The average Bonchev–Trinajstić information content (AvgIpc) is 3.40. The number of nitrogens with zero attached hydrogens (tertiary/aromatic N) is 3. The van der Waals surface area contributed by atoms with E-state index in [1.54, 1.807) is 20.2 Å². The molecule has 6 rings (SSSR count). The molecule has 214 valence electrons. The van der Waals surface area contributed by atoms with Crippen molar-refractivity contribution in [2.45, 2.75) is 49.8 Å². The third kappa shape index (κ3) is 3.44. The number of aliphatic hydroxyl groups excluding tert-OH is 2. The molecule has 0 aromatic heterocycles. The zero-order valence-corrected chi connectivity index (χ0v) is 23.0. The summed E-state index contributed by atoms with van der Waals surface area (Å²) in [6.45, 7) is 2.77. The van der Waals surface area contributed by atoms with E-state index < -0.39 is 58.0 Å². The molecule has 0 spiro atoms. The highest BCUT2D eigenvalue weighted by molar-refractivity contribution is 6.24. The van der Waals surface area contributed by atoms with Gasteiger partial charge in [0.1, 0.15) is 22.8 Å². The Balaban J connectivity index is 1.54. The summed E-state index contributed by atoms with van der Waals surface area (Å²) in [6.07, 6.45) is 3.54. The number of Topliss-reactive ketones (excluding diaryl/α,β-unsaturated/α-hetero) is 2. The lowest BCUT2D eigenvalue weighted by molar-refractivity contribution is -0.153. The number of nitrogens with two attached hydrogens (primary N) is 1. The Morgan fingerprint density at radius 3 is 2.42 bits per heavy atom. The quantitative estimate of drug-likeness (QED) is 0.340. The van der Waals surface area contributed by atoms with Gasteiger partial charge in [-0.2, -0.15) is 0 Å². The third-order valence-corrected chi connectivity index (χ3v) is 9.78. The van der Waals surface area contributed by atoms with Crippen LogP contribution in [0, 0.1) is 11.8 Å². The van der Waals surface area contributed by atoms with Crippen LogP contribution in [0.2, 0.25) is 0 Å². The van der Waals surface area contributed by atoms with Crippen LogP contribution in [0.1, 0.15) is 48.4 Å². The summed E-state index contributed by atoms with van der Waals surface area (Å²) in [4.78, 5) is 45.6. The number of aliphatic hydroxyl groups is 3. The van der Waals surface area contributed by atoms with Gasteiger partial charge >= 0.3 is 0 Å². The molecule has 1 amide bonds. The maximum absolute atomic E-state index is 14.0. The van der Waals surface area contributed by atoms with Crippen molar-refractivity contribution in [3.8, 4) is 5.75 Å². The number of rotatable bonds is 3. The largest absolute Gasteiger partial charge is 0.508 e. The number of benzene rings is 1. The predicted octanol–water partition coefficient (Wildman–Crippen LogP) is 0.941. The van der Waals surface area contributed by atoms with Crippen molar-refractivity contribution in [1.29, 1.82) is 0 Å². The van der Waals surface area contributed by atoms with Crippen molar-refractivity contribution in [2.75, 3.05) is 45.7 Å². The van der Waals surface area contributed by atoms with Crippen LogP contribution in [0.25, 0.3) is 5.76 Å². The number of hydrogen-bond donors (Lipinski definition) is 5. The van der Waals surface area contributed by atoms with Crippen molar-refractivity contribution in [3.63, 3.8) is 0 Å². The Kier molecular flexibility index (Phi) is 6.06. The zero-order valence-electron chi connectivity index (χ0n) is 23.0. The number of likely N-dealkylation sites (tertiary alicyclic amines) is 1. The fourth-order valence-corrected chi connectivity index (χ4v) is 8.05. The SMILES string of the molecule is CN1CCC(N2CCCC2)c2cc(O)c3c(c21)C[C@H]1C[C@H]2[C@@H](N(C)C)C(=O)C(C(N)=O)=C(O)[C@@]2(O)C(=O)C1=C3O. The van der Waals surface area contributed by atoms with Crippen LogP contribution in [0.15, 0.2) is 23.0 Å². The van der Waals surface area contributed by atoms with E-state index in [1.807, 2.05) is 7.05 Å². The molecule has 5 atom stereocenters. The van der Waals surface area contributed by atoms with Gasteiger partial charge in [-0.25, -0.2) is 0 Å². The number of hydrogen-bond acceptors (Lipinski definition) is 10. The lowest BCUT2D eigenvalue weighted by atomic mass is 9.57. The van der Waals surface area contributed by atoms with E-state index in [0.29, 0.717) is 6.42 Å². The number of anilines is 1. The van der Waals surface area contributed by atoms with Gasteiger partial charge in [-0.15, -0.1) is 0 Å². The lowest BCUT2D eigenvalue weighted by Crippen LogP contribution is -2.65. The molecule has 2 aliphatic heterocycles. The van der Waals surface area contributed by atoms with E-state index in [9.17, 15) is 34.8 Å². The minimum atomic E-state index is -2.63. The molecular formula is C29H36N4O7. The van der Waals surface area contributed by atoms with Crippen LogP contribution in [-0.4, -0.2) is 100 Å². The molecule has 2 fully saturated rings. The minimum absolute atomic E-state index is 0.0788. The van der Waals surface area contributed by atoms with E-state index in [4.69, 9.17) is 5.73 Å². The Morgan fingerprint density at radius 2 is 1.80 bits per heavy atom. The lowest BCUT2D eigenvalue weighted by Gasteiger charge is -2.50. The number of ketones is 2. The Labute approximate surface area is 232 Å². The number of carbonyl (C=O) groups excluding carboxylic acids is 3. The molecule has 1 aromatic rings. The van der Waals surface area contributed by atoms with Gasteiger partial charge in [-0.1, -0.05) is 0 Å². The summed E-state index contributed by atoms with van der Waals surface area (Å²) in [5.41, 5.74) is 4.61. The van der Waals surface area contributed by atoms with Crippen LogP contribution in [-0.2, 0) is 20.8 Å². The molecule has 3 aliphatic carbocycles. The Bertz CT molecular complexity index is 1410. The standard InChI is InChI=1S/C29H36N4O7/c1-31(2)23-16-11-13-10-15-20(18(34)12-14-17(33-7-4-5-8-33)6-9-32(3)22(14)15)24(35)19(13)26(37)29(16,40)27(38)21(25(23)36)28(30)39/h12-13,16-17,23,34-35,38,40H,4-11H2,1-3H3,(H2,30,39)/t13-,16-,17?,23+,29-/m0/s1. The molecule has 1 aromatic carbocycles. The number of aromatic hydroxyl groups is 1. The summed E-state index contributed by atoms with van der Waals surface area (Å²) in [5, 5.41) is 45.6. The van der Waals surface area contributed by atoms with Crippen molar-refractivity contribution in [2.24, 2.45) is 17.6 Å². The van der Waals surface area contributed by atoms with Gasteiger partial charge in [-0.3, -0.25) is 24.2 Å². The van der Waals surface area contributed by atoms with E-state index >= 15 is 0 Å². The predicted molar refractivity (Wildman–Crippen MR) is 146 cm³/mol. The second-order valence-corrected chi connectivity index (χ2v) is 12.1. The molecule has 6 N–H and O–H groups in total. The number of carbonyl (C=O) groups is 3. The van der Waals surface area contributed by atoms with Gasteiger partial charge in [0.15, 0.2) is 11.4 Å². The topological polar surface area (TPSA) is 168 Å². The summed E-state index contributed by atoms with van der Waals surface area (Å²) < 4.78 is 0. The van der Waals surface area contributed by atoms with Gasteiger partial charge in [0, 0.05) is 36.8 Å². The zero-order chi connectivity index (χ0) is 28.8. The molecule has 11 heteroatoms. The van der Waals surface area contributed by atoms with Gasteiger partial charge in [-0.05, 0) is 82.4 Å². The molecular weight excluding hydrogens is 516 g/mol. The average molecular weight is 553 g/mol. The van der Waals surface area contributed by atoms with Crippen LogP contribution < -0.4 is 10.6 Å². The molecule has 2 heterocycles. The normalized spacial score (nSPS) is 32.3. The molecule has 5 aliphatic rings. The summed E-state index contributed by atoms with van der Waals surface area (Å²) in [5.74, 6) is -6.35. The minimum Gasteiger partial charge on any atom is -0.508 e. The van der Waals surface area contributed by atoms with Crippen LogP contribution >= 0.6 is 0 Å². The summed E-state index contributed by atoms with van der Waals surface area (Å²) in [7, 11) is 5.16. The highest BCUT2D eigenvalue weighted by Crippen LogP contribution is 2.55. The molecule has 40 heavy (non-hydrogen) atoms. The van der Waals surface area contributed by atoms with E-state index in [0.717, 1.165) is 55.7 Å². The Morgan fingerprint density at radius 1 is 1.12 bits per heavy atom. The first kappa shape index (κ1) is 26.8. The third-order valence-electron chi connectivity index (χ3n) is 9.78. The maximum Gasteiger partial charge on any atom is 0.255 e. The summed E-state index contributed by atoms with van der Waals surface area (Å²) >= 11 is 0. The molecule has 1 unspecified atom stereocenters. The second kappa shape index (κ2) is 9.05. The molecule has 1 saturated carbocycles. The van der Waals surface area contributed by atoms with Crippen LogP contribution in [0.5, 0.6) is 5.75 Å². The number of phenolic OH excluding ortho intramolecular Hbond substituents is 1. The van der Waals surface area contributed by atoms with Gasteiger partial charge < -0.3 is 31.1 Å². The van der Waals surface area contributed by atoms with Gasteiger partial charge in [0.25, 0.3) is 5.91 Å². The smallest absolute Gasteiger partial charge is 0.255 e. The summed E-state index contributed by atoms with van der Waals surface area (Å²) in [6, 6.07) is 0.718. The second-order valence-electron chi connectivity index (χ2n) is 12.1. The van der Waals surface area contributed by atoms with Crippen LogP contribution in [0.3, 0.4) is 0 Å². The van der Waals surface area contributed by atoms with Crippen molar-refractivity contribution >= 4 is 28.9 Å². The number of fused-ring (bicyclic) bond motifs is 5. The Hall–Kier alpha value is -3.41.